The van der Waals surface area contributed by atoms with Crippen LogP contribution in [-0.2, 0) is 13.0 Å². The Morgan fingerprint density at radius 1 is 1.15 bits per heavy atom. The summed E-state index contributed by atoms with van der Waals surface area (Å²) in [7, 11) is 4.86. The van der Waals surface area contributed by atoms with Crippen LogP contribution < -0.4 is 25.3 Å². The fourth-order valence-corrected chi connectivity index (χ4v) is 2.57. The lowest BCUT2D eigenvalue weighted by Crippen LogP contribution is -2.22. The smallest absolute Gasteiger partial charge is 0.193 e. The van der Waals surface area contributed by atoms with Crippen LogP contribution in [0.1, 0.15) is 11.1 Å². The summed E-state index contributed by atoms with van der Waals surface area (Å²) in [6.45, 7) is 4.20. The summed E-state index contributed by atoms with van der Waals surface area (Å²) in [5, 5.41) is 3.05. The predicted molar refractivity (Wildman–Crippen MR) is 105 cm³/mol. The first-order chi connectivity index (χ1) is 12.6. The number of rotatable bonds is 8. The summed E-state index contributed by atoms with van der Waals surface area (Å²) in [6.07, 6.45) is 2.50. The third kappa shape index (κ3) is 4.92. The van der Waals surface area contributed by atoms with E-state index in [4.69, 9.17) is 19.9 Å². The molecule has 0 aliphatic rings. The Bertz CT molecular complexity index is 788. The van der Waals surface area contributed by atoms with Crippen molar-refractivity contribution in [1.82, 2.24) is 0 Å². The van der Waals surface area contributed by atoms with E-state index in [1.807, 2.05) is 42.5 Å². The lowest BCUT2D eigenvalue weighted by Gasteiger charge is -2.14. The summed E-state index contributed by atoms with van der Waals surface area (Å²) in [4.78, 5) is 4.40. The van der Waals surface area contributed by atoms with E-state index in [0.29, 0.717) is 30.4 Å². The zero-order valence-corrected chi connectivity index (χ0v) is 15.4. The summed E-state index contributed by atoms with van der Waals surface area (Å²) >= 11 is 0. The summed E-state index contributed by atoms with van der Waals surface area (Å²) in [6, 6.07) is 11.4. The SMILES string of the molecule is C=CCc1cc(CN=C(N)Nc2cccc(OC)c2)cc(OC)c1OC. The van der Waals surface area contributed by atoms with Gasteiger partial charge in [0.05, 0.1) is 27.9 Å². The summed E-state index contributed by atoms with van der Waals surface area (Å²) in [5.74, 6) is 2.44. The fourth-order valence-electron chi connectivity index (χ4n) is 2.57. The maximum Gasteiger partial charge on any atom is 0.193 e. The molecule has 0 saturated carbocycles. The van der Waals surface area contributed by atoms with Crippen LogP contribution in [0.3, 0.4) is 0 Å². The van der Waals surface area contributed by atoms with E-state index in [9.17, 15) is 0 Å². The molecule has 0 bridgehead atoms. The molecule has 0 spiro atoms. The first-order valence-corrected chi connectivity index (χ1v) is 8.17. The van der Waals surface area contributed by atoms with Gasteiger partial charge in [-0.1, -0.05) is 12.1 Å². The molecule has 2 rings (SSSR count). The minimum atomic E-state index is 0.318. The van der Waals surface area contributed by atoms with Crippen LogP contribution in [0.5, 0.6) is 17.2 Å². The number of nitrogens with zero attached hydrogens (tertiary/aromatic N) is 1. The number of anilines is 1. The average Bonchev–Trinajstić information content (AvgIpc) is 2.66. The standard InChI is InChI=1S/C20H25N3O3/c1-5-7-15-10-14(11-18(25-3)19(15)26-4)13-22-20(21)23-16-8-6-9-17(12-16)24-2/h5-6,8-12H,1,7,13H2,2-4H3,(H3,21,22,23). The lowest BCUT2D eigenvalue weighted by molar-refractivity contribution is 0.352. The van der Waals surface area contributed by atoms with Gasteiger partial charge in [0, 0.05) is 17.3 Å². The molecule has 2 aromatic carbocycles. The molecule has 0 heterocycles. The summed E-state index contributed by atoms with van der Waals surface area (Å²) < 4.78 is 16.1. The molecule has 3 N–H and O–H groups in total. The molecule has 0 saturated heterocycles. The number of guanidine groups is 1. The van der Waals surface area contributed by atoms with E-state index in [1.54, 1.807) is 21.3 Å². The molecule has 0 aliphatic heterocycles. The van der Waals surface area contributed by atoms with Gasteiger partial charge in [-0.25, -0.2) is 4.99 Å². The van der Waals surface area contributed by atoms with Crippen LogP contribution in [-0.4, -0.2) is 27.3 Å². The van der Waals surface area contributed by atoms with E-state index in [1.165, 1.54) is 0 Å². The predicted octanol–water partition coefficient (Wildman–Crippen LogP) is 3.37. The van der Waals surface area contributed by atoms with Crippen LogP contribution in [0.15, 0.2) is 54.0 Å². The number of nitrogens with two attached hydrogens (primary N) is 1. The molecule has 0 atom stereocenters. The molecule has 138 valence electrons. The highest BCUT2D eigenvalue weighted by Gasteiger charge is 2.11. The van der Waals surface area contributed by atoms with Gasteiger partial charge in [-0.05, 0) is 36.2 Å². The molecule has 0 fully saturated rings. The number of methoxy groups -OCH3 is 3. The monoisotopic (exact) mass is 355 g/mol. The molecular weight excluding hydrogens is 330 g/mol. The first-order valence-electron chi connectivity index (χ1n) is 8.17. The van der Waals surface area contributed by atoms with E-state index in [0.717, 1.165) is 22.6 Å². The van der Waals surface area contributed by atoms with Crippen LogP contribution in [0, 0.1) is 0 Å². The van der Waals surface area contributed by atoms with Gasteiger partial charge < -0.3 is 25.3 Å². The third-order valence-corrected chi connectivity index (χ3v) is 3.75. The minimum Gasteiger partial charge on any atom is -0.497 e. The van der Waals surface area contributed by atoms with Gasteiger partial charge in [-0.15, -0.1) is 6.58 Å². The Morgan fingerprint density at radius 3 is 2.62 bits per heavy atom. The Balaban J connectivity index is 2.17. The number of hydrogen-bond acceptors (Lipinski definition) is 4. The molecule has 26 heavy (non-hydrogen) atoms. The Kier molecular flexibility index (Phi) is 6.91. The van der Waals surface area contributed by atoms with Crippen molar-refractivity contribution in [3.05, 3.63) is 60.2 Å². The number of hydrogen-bond donors (Lipinski definition) is 2. The second kappa shape index (κ2) is 9.36. The van der Waals surface area contributed by atoms with Crippen molar-refractivity contribution in [2.45, 2.75) is 13.0 Å². The Labute approximate surface area is 154 Å². The van der Waals surface area contributed by atoms with Gasteiger partial charge in [0.1, 0.15) is 5.75 Å². The quantitative estimate of drug-likeness (QED) is 0.431. The third-order valence-electron chi connectivity index (χ3n) is 3.75. The van der Waals surface area contributed by atoms with Crippen molar-refractivity contribution in [1.29, 1.82) is 0 Å². The first kappa shape index (κ1) is 19.2. The van der Waals surface area contributed by atoms with Crippen molar-refractivity contribution in [3.63, 3.8) is 0 Å². The largest absolute Gasteiger partial charge is 0.497 e. The van der Waals surface area contributed by atoms with Crippen LogP contribution in [0.25, 0.3) is 0 Å². The van der Waals surface area contributed by atoms with Gasteiger partial charge in [-0.3, -0.25) is 0 Å². The molecule has 2 aromatic rings. The van der Waals surface area contributed by atoms with Crippen molar-refractivity contribution in [3.8, 4) is 17.2 Å². The van der Waals surface area contributed by atoms with Crippen LogP contribution in [0.4, 0.5) is 5.69 Å². The number of aliphatic imine (C=N–C) groups is 1. The van der Waals surface area contributed by atoms with Gasteiger partial charge in [0.2, 0.25) is 0 Å². The normalized spacial score (nSPS) is 11.0. The van der Waals surface area contributed by atoms with Crippen molar-refractivity contribution in [2.24, 2.45) is 10.7 Å². The zero-order valence-electron chi connectivity index (χ0n) is 15.4. The number of allylic oxidation sites excluding steroid dienone is 1. The van der Waals surface area contributed by atoms with Crippen molar-refractivity contribution < 1.29 is 14.2 Å². The van der Waals surface area contributed by atoms with Gasteiger partial charge in [-0.2, -0.15) is 0 Å². The zero-order chi connectivity index (χ0) is 18.9. The Hall–Kier alpha value is -3.15. The van der Waals surface area contributed by atoms with Gasteiger partial charge in [0.15, 0.2) is 17.5 Å². The van der Waals surface area contributed by atoms with E-state index < -0.39 is 0 Å². The highest BCUT2D eigenvalue weighted by Crippen LogP contribution is 2.33. The molecular formula is C20H25N3O3. The second-order valence-corrected chi connectivity index (χ2v) is 5.54. The van der Waals surface area contributed by atoms with Crippen LogP contribution >= 0.6 is 0 Å². The average molecular weight is 355 g/mol. The number of benzene rings is 2. The highest BCUT2D eigenvalue weighted by atomic mass is 16.5. The molecule has 6 nitrogen and oxygen atoms in total. The molecule has 6 heteroatoms. The van der Waals surface area contributed by atoms with E-state index in [-0.39, 0.29) is 0 Å². The molecule has 0 radical (unpaired) electrons. The number of ether oxygens (including phenoxy) is 3. The lowest BCUT2D eigenvalue weighted by atomic mass is 10.1. The maximum atomic E-state index is 5.99. The van der Waals surface area contributed by atoms with Crippen LogP contribution in [0.2, 0.25) is 0 Å². The van der Waals surface area contributed by atoms with Crippen molar-refractivity contribution in [2.75, 3.05) is 26.6 Å². The summed E-state index contributed by atoms with van der Waals surface area (Å²) in [5.41, 5.74) is 8.76. The fraction of sp³-hybridized carbons (Fsp3) is 0.250. The Morgan fingerprint density at radius 2 is 1.96 bits per heavy atom. The van der Waals surface area contributed by atoms with Crippen molar-refractivity contribution >= 4 is 11.6 Å². The molecule has 0 aromatic heterocycles. The minimum absolute atomic E-state index is 0.318. The molecule has 0 amide bonds. The maximum absolute atomic E-state index is 5.99. The molecule has 0 unspecified atom stereocenters. The van der Waals surface area contributed by atoms with Gasteiger partial charge in [0.25, 0.3) is 0 Å². The number of nitrogens with one attached hydrogen (secondary N) is 1. The van der Waals surface area contributed by atoms with E-state index in [2.05, 4.69) is 16.9 Å². The molecule has 0 aliphatic carbocycles. The van der Waals surface area contributed by atoms with Gasteiger partial charge >= 0.3 is 0 Å². The highest BCUT2D eigenvalue weighted by molar-refractivity contribution is 5.92. The second-order valence-electron chi connectivity index (χ2n) is 5.54. The topological polar surface area (TPSA) is 78.1 Å². The van der Waals surface area contributed by atoms with E-state index >= 15 is 0 Å².